The summed E-state index contributed by atoms with van der Waals surface area (Å²) >= 11 is 0. The minimum Gasteiger partial charge on any atom is -0.497 e. The predicted molar refractivity (Wildman–Crippen MR) is 125 cm³/mol. The Labute approximate surface area is 188 Å². The molecule has 2 aromatic carbocycles. The monoisotopic (exact) mass is 431 g/mol. The molecule has 5 rings (SSSR count). The zero-order chi connectivity index (χ0) is 21.9. The van der Waals surface area contributed by atoms with E-state index >= 15 is 0 Å². The molecule has 7 nitrogen and oxygen atoms in total. The maximum atomic E-state index is 11.0. The van der Waals surface area contributed by atoms with Gasteiger partial charge in [-0.05, 0) is 36.1 Å². The molecular formula is C25H29N5O2. The molecule has 0 saturated carbocycles. The van der Waals surface area contributed by atoms with E-state index in [1.54, 1.807) is 13.4 Å². The number of β-amino-alcohol motifs (C(OH)–C–C–N with tert-alkyl or cyclic N) is 1. The van der Waals surface area contributed by atoms with Crippen LogP contribution in [0, 0.1) is 0 Å². The van der Waals surface area contributed by atoms with Crippen LogP contribution < -0.4 is 15.0 Å². The summed E-state index contributed by atoms with van der Waals surface area (Å²) in [6.07, 6.45) is 3.11. The lowest BCUT2D eigenvalue weighted by Crippen LogP contribution is -2.55. The van der Waals surface area contributed by atoms with Crippen molar-refractivity contribution < 1.29 is 9.84 Å². The average molecular weight is 432 g/mol. The first-order chi connectivity index (χ1) is 15.7. The standard InChI is InChI=1S/C25H29N5O2/c1-32-21-8-4-7-20(13-21)28-24-14-25(27-17-26-24)30-12-10-22(23(31)16-30)29-11-9-18-5-2-3-6-19(18)15-29/h2-8,13-14,17,22-23,31H,9-12,15-16H2,1H3,(H,26,27,28)/t22-,23-/m0/s1. The quantitative estimate of drug-likeness (QED) is 0.643. The number of ether oxygens (including phenoxy) is 1. The topological polar surface area (TPSA) is 73.8 Å². The van der Waals surface area contributed by atoms with Crippen LogP contribution in [0.5, 0.6) is 5.75 Å². The van der Waals surface area contributed by atoms with Gasteiger partial charge in [-0.1, -0.05) is 30.3 Å². The van der Waals surface area contributed by atoms with Crippen molar-refractivity contribution in [2.45, 2.75) is 31.5 Å². The van der Waals surface area contributed by atoms with Gasteiger partial charge in [-0.15, -0.1) is 0 Å². The summed E-state index contributed by atoms with van der Waals surface area (Å²) in [5.74, 6) is 2.33. The number of anilines is 3. The fraction of sp³-hybridized carbons (Fsp3) is 0.360. The zero-order valence-corrected chi connectivity index (χ0v) is 18.3. The highest BCUT2D eigenvalue weighted by Gasteiger charge is 2.34. The lowest BCUT2D eigenvalue weighted by atomic mass is 9.94. The molecule has 0 spiro atoms. The smallest absolute Gasteiger partial charge is 0.135 e. The van der Waals surface area contributed by atoms with Gasteiger partial charge in [0.2, 0.25) is 0 Å². The number of fused-ring (bicyclic) bond motifs is 1. The van der Waals surface area contributed by atoms with E-state index in [2.05, 4.69) is 49.4 Å². The van der Waals surface area contributed by atoms with E-state index < -0.39 is 6.10 Å². The molecule has 7 heteroatoms. The first-order valence-electron chi connectivity index (χ1n) is 11.2. The fourth-order valence-corrected chi connectivity index (χ4v) is 4.79. The van der Waals surface area contributed by atoms with Crippen molar-refractivity contribution in [1.82, 2.24) is 14.9 Å². The third kappa shape index (κ3) is 4.40. The maximum Gasteiger partial charge on any atom is 0.135 e. The van der Waals surface area contributed by atoms with Gasteiger partial charge in [0.15, 0.2) is 0 Å². The van der Waals surface area contributed by atoms with Gasteiger partial charge in [-0.3, -0.25) is 4.90 Å². The van der Waals surface area contributed by atoms with Gasteiger partial charge in [0, 0.05) is 50.0 Å². The molecule has 0 radical (unpaired) electrons. The highest BCUT2D eigenvalue weighted by atomic mass is 16.5. The summed E-state index contributed by atoms with van der Waals surface area (Å²) in [6, 6.07) is 18.5. The minimum atomic E-state index is -0.418. The molecule has 0 amide bonds. The summed E-state index contributed by atoms with van der Waals surface area (Å²) in [4.78, 5) is 13.4. The van der Waals surface area contributed by atoms with Crippen LogP contribution in [0.25, 0.3) is 0 Å². The number of rotatable bonds is 5. The first-order valence-corrected chi connectivity index (χ1v) is 11.2. The van der Waals surface area contributed by atoms with Crippen molar-refractivity contribution in [1.29, 1.82) is 0 Å². The zero-order valence-electron chi connectivity index (χ0n) is 18.3. The summed E-state index contributed by atoms with van der Waals surface area (Å²) in [5, 5.41) is 14.3. The molecule has 1 fully saturated rings. The Kier molecular flexibility index (Phi) is 5.92. The highest BCUT2D eigenvalue weighted by molar-refractivity contribution is 5.61. The molecule has 2 aliphatic heterocycles. The van der Waals surface area contributed by atoms with E-state index in [1.807, 2.05) is 30.3 Å². The minimum absolute atomic E-state index is 0.177. The normalized spacial score (nSPS) is 21.1. The van der Waals surface area contributed by atoms with Gasteiger partial charge in [0.05, 0.1) is 13.2 Å². The molecule has 3 heterocycles. The summed E-state index contributed by atoms with van der Waals surface area (Å²) in [5.41, 5.74) is 3.73. The molecule has 2 N–H and O–H groups in total. The van der Waals surface area contributed by atoms with Crippen LogP contribution in [-0.4, -0.2) is 58.9 Å². The molecule has 166 valence electrons. The van der Waals surface area contributed by atoms with Gasteiger partial charge in [-0.25, -0.2) is 9.97 Å². The van der Waals surface area contributed by atoms with Crippen LogP contribution in [0.2, 0.25) is 0 Å². The molecular weight excluding hydrogens is 402 g/mol. The molecule has 2 aliphatic rings. The number of methoxy groups -OCH3 is 1. The molecule has 3 aromatic rings. The van der Waals surface area contributed by atoms with E-state index in [0.717, 1.165) is 49.7 Å². The van der Waals surface area contributed by atoms with Crippen molar-refractivity contribution in [3.8, 4) is 5.75 Å². The van der Waals surface area contributed by atoms with Crippen molar-refractivity contribution >= 4 is 17.3 Å². The number of hydrogen-bond acceptors (Lipinski definition) is 7. The summed E-state index contributed by atoms with van der Waals surface area (Å²) in [6.45, 7) is 3.34. The van der Waals surface area contributed by atoms with E-state index in [4.69, 9.17) is 4.74 Å². The van der Waals surface area contributed by atoms with Gasteiger partial charge in [0.25, 0.3) is 0 Å². The summed E-state index contributed by atoms with van der Waals surface area (Å²) < 4.78 is 5.29. The molecule has 1 saturated heterocycles. The van der Waals surface area contributed by atoms with E-state index in [1.165, 1.54) is 11.1 Å². The van der Waals surface area contributed by atoms with Crippen molar-refractivity contribution in [3.05, 3.63) is 72.1 Å². The van der Waals surface area contributed by atoms with Crippen LogP contribution in [-0.2, 0) is 13.0 Å². The van der Waals surface area contributed by atoms with E-state index in [9.17, 15) is 5.11 Å². The second kappa shape index (κ2) is 9.14. The van der Waals surface area contributed by atoms with Crippen LogP contribution in [0.3, 0.4) is 0 Å². The van der Waals surface area contributed by atoms with Gasteiger partial charge < -0.3 is 20.1 Å². The Balaban J connectivity index is 1.24. The fourth-order valence-electron chi connectivity index (χ4n) is 4.79. The number of hydrogen-bond donors (Lipinski definition) is 2. The van der Waals surface area contributed by atoms with Crippen LogP contribution >= 0.6 is 0 Å². The van der Waals surface area contributed by atoms with E-state index in [0.29, 0.717) is 12.4 Å². The summed E-state index contributed by atoms with van der Waals surface area (Å²) in [7, 11) is 1.65. The SMILES string of the molecule is COc1cccc(Nc2cc(N3CC[C@H](N4CCc5ccccc5C4)[C@@H](O)C3)ncn2)c1. The molecule has 1 aromatic heterocycles. The van der Waals surface area contributed by atoms with Gasteiger partial charge >= 0.3 is 0 Å². The third-order valence-electron chi connectivity index (χ3n) is 6.49. The third-order valence-corrected chi connectivity index (χ3v) is 6.49. The van der Waals surface area contributed by atoms with Crippen molar-refractivity contribution in [3.63, 3.8) is 0 Å². The number of aliphatic hydroxyl groups is 1. The molecule has 0 bridgehead atoms. The Morgan fingerprint density at radius 1 is 1.03 bits per heavy atom. The second-order valence-electron chi connectivity index (χ2n) is 8.48. The first kappa shape index (κ1) is 20.7. The van der Waals surface area contributed by atoms with Crippen molar-refractivity contribution in [2.75, 3.05) is 37.0 Å². The van der Waals surface area contributed by atoms with Crippen LogP contribution in [0.15, 0.2) is 60.9 Å². The van der Waals surface area contributed by atoms with E-state index in [-0.39, 0.29) is 6.04 Å². The average Bonchev–Trinajstić information content (AvgIpc) is 2.84. The van der Waals surface area contributed by atoms with Crippen LogP contribution in [0.1, 0.15) is 17.5 Å². The molecule has 32 heavy (non-hydrogen) atoms. The number of nitrogens with zero attached hydrogens (tertiary/aromatic N) is 4. The Morgan fingerprint density at radius 3 is 2.75 bits per heavy atom. The number of aliphatic hydroxyl groups excluding tert-OH is 1. The Bertz CT molecular complexity index is 1080. The number of nitrogens with one attached hydrogen (secondary N) is 1. The van der Waals surface area contributed by atoms with Gasteiger partial charge in [0.1, 0.15) is 23.7 Å². The second-order valence-corrected chi connectivity index (χ2v) is 8.48. The van der Waals surface area contributed by atoms with Gasteiger partial charge in [-0.2, -0.15) is 0 Å². The molecule has 0 aliphatic carbocycles. The van der Waals surface area contributed by atoms with Crippen molar-refractivity contribution in [2.24, 2.45) is 0 Å². The van der Waals surface area contributed by atoms with Crippen LogP contribution in [0.4, 0.5) is 17.3 Å². The Morgan fingerprint density at radius 2 is 1.91 bits per heavy atom. The number of piperidine rings is 1. The predicted octanol–water partition coefficient (Wildman–Crippen LogP) is 3.23. The highest BCUT2D eigenvalue weighted by Crippen LogP contribution is 2.28. The number of benzene rings is 2. The molecule has 0 unspecified atom stereocenters. The number of aromatic nitrogens is 2. The largest absolute Gasteiger partial charge is 0.497 e. The maximum absolute atomic E-state index is 11.0. The Hall–Kier alpha value is -3.16. The lowest BCUT2D eigenvalue weighted by Gasteiger charge is -2.43. The molecule has 2 atom stereocenters. The lowest BCUT2D eigenvalue weighted by molar-refractivity contribution is 0.0293.